The van der Waals surface area contributed by atoms with E-state index in [4.69, 9.17) is 10.6 Å². The minimum atomic E-state index is -0.678. The summed E-state index contributed by atoms with van der Waals surface area (Å²) in [7, 11) is 0. The lowest BCUT2D eigenvalue weighted by molar-refractivity contribution is -0.0603. The van der Waals surface area contributed by atoms with Crippen molar-refractivity contribution in [2.24, 2.45) is 15.9 Å². The highest BCUT2D eigenvalue weighted by Crippen LogP contribution is 2.22. The Labute approximate surface area is 179 Å². The molecular formula is C23H25N5O3. The summed E-state index contributed by atoms with van der Waals surface area (Å²) in [6, 6.07) is 14.9. The van der Waals surface area contributed by atoms with E-state index in [1.165, 1.54) is 6.21 Å². The first-order valence-electron chi connectivity index (χ1n) is 10.1. The maximum atomic E-state index is 12.5. The molecule has 0 radical (unpaired) electrons. The van der Waals surface area contributed by atoms with Gasteiger partial charge in [0, 0.05) is 18.6 Å². The van der Waals surface area contributed by atoms with Crippen LogP contribution in [0.2, 0.25) is 0 Å². The summed E-state index contributed by atoms with van der Waals surface area (Å²) < 4.78 is 5.33. The molecule has 8 nitrogen and oxygen atoms in total. The van der Waals surface area contributed by atoms with Crippen molar-refractivity contribution in [2.75, 3.05) is 26.3 Å². The second kappa shape index (κ2) is 9.22. The molecule has 1 atom stereocenters. The van der Waals surface area contributed by atoms with Gasteiger partial charge in [-0.2, -0.15) is 5.10 Å². The molecule has 0 saturated carbocycles. The van der Waals surface area contributed by atoms with Crippen LogP contribution in [0.25, 0.3) is 10.9 Å². The molecule has 2 heterocycles. The van der Waals surface area contributed by atoms with Crippen LogP contribution in [0, 0.1) is 6.92 Å². The fourth-order valence-electron chi connectivity index (χ4n) is 3.58. The smallest absolute Gasteiger partial charge is 0.258 e. The largest absolute Gasteiger partial charge is 0.379 e. The zero-order valence-electron chi connectivity index (χ0n) is 17.3. The molecule has 0 spiro atoms. The molecule has 0 bridgehead atoms. The fraction of sp³-hybridized carbons (Fsp3) is 0.261. The van der Waals surface area contributed by atoms with Crippen molar-refractivity contribution in [2.45, 2.75) is 13.2 Å². The molecule has 0 aliphatic carbocycles. The Morgan fingerprint density at radius 2 is 1.94 bits per heavy atom. The number of aliphatic hydroxyl groups is 1. The third-order valence-corrected chi connectivity index (χ3v) is 5.34. The van der Waals surface area contributed by atoms with Crippen molar-refractivity contribution in [1.82, 2.24) is 9.88 Å². The molecule has 2 aromatic carbocycles. The number of nitrogens with one attached hydrogen (secondary N) is 1. The second-order valence-corrected chi connectivity index (χ2v) is 7.49. The van der Waals surface area contributed by atoms with Crippen LogP contribution in [-0.2, 0) is 4.74 Å². The van der Waals surface area contributed by atoms with Crippen molar-refractivity contribution in [3.63, 3.8) is 0 Å². The average molecular weight is 419 g/mol. The van der Waals surface area contributed by atoms with Crippen LogP contribution >= 0.6 is 0 Å². The van der Waals surface area contributed by atoms with Crippen molar-refractivity contribution >= 4 is 28.5 Å². The summed E-state index contributed by atoms with van der Waals surface area (Å²) in [4.78, 5) is 21.8. The van der Waals surface area contributed by atoms with E-state index in [0.29, 0.717) is 37.6 Å². The average Bonchev–Trinajstić information content (AvgIpc) is 2.80. The highest BCUT2D eigenvalue weighted by Gasteiger charge is 2.19. The maximum absolute atomic E-state index is 12.5. The van der Waals surface area contributed by atoms with Crippen LogP contribution in [-0.4, -0.2) is 53.2 Å². The topological polar surface area (TPSA) is 116 Å². The third-order valence-electron chi connectivity index (χ3n) is 5.34. The van der Waals surface area contributed by atoms with Gasteiger partial charge in [0.15, 0.2) is 0 Å². The summed E-state index contributed by atoms with van der Waals surface area (Å²) in [5, 5.41) is 15.2. The molecule has 1 aliphatic heterocycles. The molecular weight excluding hydrogens is 394 g/mol. The van der Waals surface area contributed by atoms with Gasteiger partial charge in [-0.1, -0.05) is 24.3 Å². The first-order chi connectivity index (χ1) is 15.0. The van der Waals surface area contributed by atoms with Crippen molar-refractivity contribution in [3.8, 4) is 0 Å². The third kappa shape index (κ3) is 4.72. The predicted octanol–water partition coefficient (Wildman–Crippen LogP) is 2.22. The molecule has 1 aliphatic rings. The molecule has 8 heteroatoms. The van der Waals surface area contributed by atoms with Crippen molar-refractivity contribution < 1.29 is 9.84 Å². The lowest BCUT2D eigenvalue weighted by Gasteiger charge is -2.31. The minimum absolute atomic E-state index is 0.279. The van der Waals surface area contributed by atoms with Gasteiger partial charge in [0.25, 0.3) is 5.56 Å². The van der Waals surface area contributed by atoms with Crippen molar-refractivity contribution in [1.29, 1.82) is 0 Å². The Balaban J connectivity index is 1.53. The molecule has 1 unspecified atom stereocenters. The predicted molar refractivity (Wildman–Crippen MR) is 122 cm³/mol. The van der Waals surface area contributed by atoms with E-state index < -0.39 is 6.23 Å². The highest BCUT2D eigenvalue weighted by atomic mass is 16.5. The summed E-state index contributed by atoms with van der Waals surface area (Å²) in [6.45, 7) is 4.59. The number of aromatic nitrogens is 1. The molecule has 4 rings (SSSR count). The number of fused-ring (bicyclic) bond motifs is 1. The maximum Gasteiger partial charge on any atom is 0.258 e. The number of hydrogen-bond donors (Lipinski definition) is 3. The lowest BCUT2D eigenvalue weighted by atomic mass is 10.1. The summed E-state index contributed by atoms with van der Waals surface area (Å²) in [5.41, 5.74) is 3.62. The number of aliphatic hydroxyl groups excluding tert-OH is 1. The first-order valence-corrected chi connectivity index (χ1v) is 10.1. The van der Waals surface area contributed by atoms with Gasteiger partial charge >= 0.3 is 0 Å². The molecule has 31 heavy (non-hydrogen) atoms. The van der Waals surface area contributed by atoms with E-state index in [0.717, 1.165) is 22.0 Å². The van der Waals surface area contributed by atoms with Gasteiger partial charge in [-0.3, -0.25) is 14.7 Å². The minimum Gasteiger partial charge on any atom is -0.379 e. The number of nitrogens with zero attached hydrogens (tertiary/aromatic N) is 3. The number of aryl methyl sites for hydroxylation is 1. The van der Waals surface area contributed by atoms with Crippen LogP contribution in [0.1, 0.15) is 22.9 Å². The first kappa shape index (κ1) is 20.9. The van der Waals surface area contributed by atoms with Gasteiger partial charge in [0.1, 0.15) is 11.9 Å². The summed E-state index contributed by atoms with van der Waals surface area (Å²) >= 11 is 0. The molecule has 3 aromatic rings. The number of H-pyrrole nitrogens is 1. The van der Waals surface area contributed by atoms with Crippen molar-refractivity contribution in [3.05, 3.63) is 75.6 Å². The second-order valence-electron chi connectivity index (χ2n) is 7.49. The number of hydrazone groups is 1. The standard InChI is InChI=1S/C23H25N5O3/c1-15-2-3-17-13-19(22(29)26-20(17)12-15)21(27-24)14-25-18-6-4-16(5-7-18)23(30)28-8-10-31-11-9-28/h2-7,12-14,23,30H,8-11,24H2,1H3,(H,26,29). The number of benzene rings is 2. The van der Waals surface area contributed by atoms with Crippen LogP contribution in [0.15, 0.2) is 63.4 Å². The Kier molecular flexibility index (Phi) is 6.22. The van der Waals surface area contributed by atoms with Crippen LogP contribution < -0.4 is 11.4 Å². The van der Waals surface area contributed by atoms with E-state index >= 15 is 0 Å². The van der Waals surface area contributed by atoms with Gasteiger partial charge in [-0.25, -0.2) is 0 Å². The Hall–Kier alpha value is -3.33. The molecule has 0 amide bonds. The molecule has 4 N–H and O–H groups in total. The van der Waals surface area contributed by atoms with Crippen LogP contribution in [0.4, 0.5) is 5.69 Å². The number of aliphatic imine (C=N–C) groups is 1. The van der Waals surface area contributed by atoms with Crippen LogP contribution in [0.3, 0.4) is 0 Å². The fourth-order valence-corrected chi connectivity index (χ4v) is 3.58. The number of aromatic amines is 1. The zero-order chi connectivity index (χ0) is 21.8. The highest BCUT2D eigenvalue weighted by molar-refractivity contribution is 6.38. The number of ether oxygens (including phenoxy) is 1. The summed E-state index contributed by atoms with van der Waals surface area (Å²) in [5.74, 6) is 5.55. The van der Waals surface area contributed by atoms with Gasteiger partial charge in [-0.15, -0.1) is 0 Å². The monoisotopic (exact) mass is 419 g/mol. The number of morpholine rings is 1. The van der Waals surface area contributed by atoms with Crippen LogP contribution in [0.5, 0.6) is 0 Å². The van der Waals surface area contributed by atoms with Gasteiger partial charge < -0.3 is 20.7 Å². The van der Waals surface area contributed by atoms with E-state index in [2.05, 4.69) is 15.1 Å². The van der Waals surface area contributed by atoms with E-state index in [-0.39, 0.29) is 11.3 Å². The SMILES string of the molecule is Cc1ccc2cc(C(C=Nc3ccc(C(O)N4CCOCC4)cc3)=NN)c(=O)[nH]c2c1. The molecule has 160 valence electrons. The number of pyridine rings is 1. The van der Waals surface area contributed by atoms with Gasteiger partial charge in [0.2, 0.25) is 0 Å². The number of rotatable bonds is 5. The molecule has 1 fully saturated rings. The quantitative estimate of drug-likeness (QED) is 0.333. The normalized spacial score (nSPS) is 16.8. The molecule has 1 saturated heterocycles. The Morgan fingerprint density at radius 3 is 2.65 bits per heavy atom. The summed E-state index contributed by atoms with van der Waals surface area (Å²) in [6.07, 6.45) is 0.792. The zero-order valence-corrected chi connectivity index (χ0v) is 17.3. The number of hydrogen-bond acceptors (Lipinski definition) is 7. The molecule has 1 aromatic heterocycles. The van der Waals surface area contributed by atoms with E-state index in [1.807, 2.05) is 42.2 Å². The Bertz CT molecular complexity index is 1180. The van der Waals surface area contributed by atoms with E-state index in [1.54, 1.807) is 18.2 Å². The Morgan fingerprint density at radius 1 is 1.19 bits per heavy atom. The van der Waals surface area contributed by atoms with Gasteiger partial charge in [0.05, 0.1) is 30.7 Å². The number of nitrogens with two attached hydrogens (primary N) is 1. The lowest BCUT2D eigenvalue weighted by Crippen LogP contribution is -2.38. The van der Waals surface area contributed by atoms with E-state index in [9.17, 15) is 9.90 Å². The van der Waals surface area contributed by atoms with Gasteiger partial charge in [-0.05, 0) is 47.7 Å².